The molecule has 4 N–H and O–H groups in total. The summed E-state index contributed by atoms with van der Waals surface area (Å²) >= 11 is 0. The summed E-state index contributed by atoms with van der Waals surface area (Å²) in [5.41, 5.74) is 3.34. The Bertz CT molecular complexity index is 1490. The maximum absolute atomic E-state index is 16.1. The second-order valence-electron chi connectivity index (χ2n) is 11.8. The highest BCUT2D eigenvalue weighted by atomic mass is 19.1. The maximum atomic E-state index is 16.1. The van der Waals surface area contributed by atoms with Gasteiger partial charge in [-0.1, -0.05) is 37.3 Å². The number of amides is 1. The fourth-order valence-electron chi connectivity index (χ4n) is 7.18. The van der Waals surface area contributed by atoms with Gasteiger partial charge >= 0.3 is 0 Å². The normalized spacial score (nSPS) is 29.0. The molecule has 0 heterocycles. The van der Waals surface area contributed by atoms with Gasteiger partial charge in [0.1, 0.15) is 11.6 Å². The number of aliphatic hydroxyl groups is 1. The predicted molar refractivity (Wildman–Crippen MR) is 148 cm³/mol. The number of ketones is 4. The zero-order chi connectivity index (χ0) is 30.7. The fourth-order valence-corrected chi connectivity index (χ4v) is 7.18. The SMILES string of the molecule is CCN(Cc1ccccc1)Cc1cc(O)c2c(c1F)C[C@H]1C[C@H]3[C@H](N(C)C)C(=O)C(C(N)=O)C(=O)[C@@]3(O)C(=O)C1C2=O. The van der Waals surface area contributed by atoms with Crippen molar-refractivity contribution in [2.45, 2.75) is 44.5 Å². The third-order valence-corrected chi connectivity index (χ3v) is 9.16. The number of Topliss-reactive ketones (excluding diaryl/α,β-unsaturated/α-hetero) is 4. The van der Waals surface area contributed by atoms with Crippen molar-refractivity contribution in [2.75, 3.05) is 20.6 Å². The van der Waals surface area contributed by atoms with Crippen LogP contribution in [0.5, 0.6) is 5.75 Å². The summed E-state index contributed by atoms with van der Waals surface area (Å²) in [6.45, 7) is 3.21. The number of hydrogen-bond donors (Lipinski definition) is 3. The largest absolute Gasteiger partial charge is 0.507 e. The van der Waals surface area contributed by atoms with Crippen molar-refractivity contribution in [3.05, 3.63) is 64.5 Å². The molecular formula is C31H34FN3O7. The standard InChI is InChI=1S/C31H34FN3O7/c1-4-35(13-15-8-6-5-7-9-15)14-17-12-20(36)22-18(24(17)32)10-16-11-19-25(34(2)3)27(38)23(30(33)41)29(40)31(19,42)28(39)21(16)26(22)37/h5-9,12,16,19,21,23,25,36,42H,4,10-11,13-14H2,1-3H3,(H2,33,41)/t16-,19-,21?,23?,25-,31-/m0/s1. The molecule has 5 rings (SSSR count). The number of halogens is 1. The van der Waals surface area contributed by atoms with Gasteiger partial charge in [-0.05, 0) is 51.0 Å². The second kappa shape index (κ2) is 10.8. The molecule has 2 aromatic carbocycles. The number of fused-ring (bicyclic) bond motifs is 3. The number of carbonyl (C=O) groups excluding carboxylic acids is 5. The van der Waals surface area contributed by atoms with E-state index in [4.69, 9.17) is 5.73 Å². The first-order chi connectivity index (χ1) is 19.8. The van der Waals surface area contributed by atoms with Crippen molar-refractivity contribution in [2.24, 2.45) is 29.4 Å². The molecule has 0 radical (unpaired) electrons. The molecule has 0 saturated heterocycles. The van der Waals surface area contributed by atoms with E-state index in [1.54, 1.807) is 0 Å². The van der Waals surface area contributed by atoms with Crippen LogP contribution in [-0.2, 0) is 38.7 Å². The summed E-state index contributed by atoms with van der Waals surface area (Å²) in [7, 11) is 3.02. The van der Waals surface area contributed by atoms with Crippen LogP contribution in [0.1, 0.15) is 40.4 Å². The summed E-state index contributed by atoms with van der Waals surface area (Å²) in [5.74, 6) is -12.4. The van der Waals surface area contributed by atoms with Gasteiger partial charge in [-0.2, -0.15) is 0 Å². The molecule has 2 aromatic rings. The molecule has 2 unspecified atom stereocenters. The summed E-state index contributed by atoms with van der Waals surface area (Å²) in [6, 6.07) is 9.59. The highest BCUT2D eigenvalue weighted by Crippen LogP contribution is 2.51. The smallest absolute Gasteiger partial charge is 0.235 e. The number of nitrogens with zero attached hydrogens (tertiary/aromatic N) is 2. The minimum atomic E-state index is -2.82. The van der Waals surface area contributed by atoms with Crippen LogP contribution in [-0.4, -0.2) is 81.3 Å². The summed E-state index contributed by atoms with van der Waals surface area (Å²) < 4.78 is 16.1. The minimum Gasteiger partial charge on any atom is -0.507 e. The molecule has 1 amide bonds. The van der Waals surface area contributed by atoms with Crippen LogP contribution in [0, 0.1) is 29.5 Å². The molecule has 3 aliphatic carbocycles. The Kier molecular flexibility index (Phi) is 7.63. The van der Waals surface area contributed by atoms with Crippen molar-refractivity contribution in [3.8, 4) is 5.75 Å². The van der Waals surface area contributed by atoms with E-state index in [0.717, 1.165) is 5.56 Å². The Morgan fingerprint density at radius 3 is 2.36 bits per heavy atom. The van der Waals surface area contributed by atoms with Gasteiger partial charge in [0.2, 0.25) is 5.91 Å². The summed E-state index contributed by atoms with van der Waals surface area (Å²) in [6.07, 6.45) is -0.257. The van der Waals surface area contributed by atoms with E-state index in [0.29, 0.717) is 13.1 Å². The lowest BCUT2D eigenvalue weighted by Crippen LogP contribution is -2.74. The van der Waals surface area contributed by atoms with Crippen molar-refractivity contribution < 1.29 is 38.6 Å². The number of likely N-dealkylation sites (N-methyl/N-ethyl adjacent to an activating group) is 1. The number of rotatable bonds is 7. The van der Waals surface area contributed by atoms with E-state index < -0.39 is 75.9 Å². The molecule has 0 spiro atoms. The number of phenols is 1. The molecule has 3 aliphatic rings. The molecule has 2 fully saturated rings. The number of hydrogen-bond acceptors (Lipinski definition) is 9. The van der Waals surface area contributed by atoms with Crippen LogP contribution in [0.2, 0.25) is 0 Å². The Balaban J connectivity index is 1.53. The predicted octanol–water partition coefficient (Wildman–Crippen LogP) is 1.03. The molecule has 0 aromatic heterocycles. The average Bonchev–Trinajstić information content (AvgIpc) is 2.93. The third-order valence-electron chi connectivity index (χ3n) is 9.16. The van der Waals surface area contributed by atoms with Crippen LogP contribution in [0.25, 0.3) is 0 Å². The monoisotopic (exact) mass is 579 g/mol. The lowest BCUT2D eigenvalue weighted by atomic mass is 9.52. The van der Waals surface area contributed by atoms with E-state index in [1.807, 2.05) is 42.2 Å². The maximum Gasteiger partial charge on any atom is 0.235 e. The molecule has 6 atom stereocenters. The zero-order valence-electron chi connectivity index (χ0n) is 23.7. The molecular weight excluding hydrogens is 545 g/mol. The Labute approximate surface area is 242 Å². The van der Waals surface area contributed by atoms with Gasteiger partial charge in [0.05, 0.1) is 17.5 Å². The first-order valence-electron chi connectivity index (χ1n) is 14.0. The van der Waals surface area contributed by atoms with Gasteiger partial charge in [0, 0.05) is 30.1 Å². The highest BCUT2D eigenvalue weighted by molar-refractivity contribution is 6.32. The number of phenolic OH excluding ortho intramolecular Hbond substituents is 1. The second-order valence-corrected chi connectivity index (χ2v) is 11.8. The van der Waals surface area contributed by atoms with Gasteiger partial charge in [-0.3, -0.25) is 33.8 Å². The van der Waals surface area contributed by atoms with Gasteiger partial charge in [-0.15, -0.1) is 0 Å². The minimum absolute atomic E-state index is 0.0323. The van der Waals surface area contributed by atoms with Crippen LogP contribution >= 0.6 is 0 Å². The third kappa shape index (κ3) is 4.47. The molecule has 222 valence electrons. The number of aromatic hydroxyl groups is 1. The van der Waals surface area contributed by atoms with Gasteiger partial charge in [0.15, 0.2) is 34.7 Å². The first-order valence-corrected chi connectivity index (χ1v) is 14.0. The quantitative estimate of drug-likeness (QED) is 0.408. The van der Waals surface area contributed by atoms with Crippen molar-refractivity contribution in [1.29, 1.82) is 0 Å². The fraction of sp³-hybridized carbons (Fsp3) is 0.452. The average molecular weight is 580 g/mol. The molecule has 11 heteroatoms. The van der Waals surface area contributed by atoms with Gasteiger partial charge in [0.25, 0.3) is 0 Å². The zero-order valence-corrected chi connectivity index (χ0v) is 23.7. The van der Waals surface area contributed by atoms with Gasteiger partial charge < -0.3 is 15.9 Å². The van der Waals surface area contributed by atoms with Gasteiger partial charge in [-0.25, -0.2) is 4.39 Å². The van der Waals surface area contributed by atoms with Crippen molar-refractivity contribution in [3.63, 3.8) is 0 Å². The van der Waals surface area contributed by atoms with Crippen LogP contribution in [0.15, 0.2) is 36.4 Å². The van der Waals surface area contributed by atoms with Crippen LogP contribution in [0.3, 0.4) is 0 Å². The van der Waals surface area contributed by atoms with Crippen LogP contribution in [0.4, 0.5) is 4.39 Å². The van der Waals surface area contributed by atoms with E-state index in [9.17, 15) is 34.2 Å². The Morgan fingerprint density at radius 2 is 1.76 bits per heavy atom. The van der Waals surface area contributed by atoms with E-state index in [1.165, 1.54) is 25.1 Å². The molecule has 2 saturated carbocycles. The summed E-state index contributed by atoms with van der Waals surface area (Å²) in [4.78, 5) is 69.6. The number of primary amides is 1. The molecule has 42 heavy (non-hydrogen) atoms. The number of nitrogens with two attached hydrogens (primary N) is 1. The first kappa shape index (κ1) is 29.7. The topological polar surface area (TPSA) is 158 Å². The number of carbonyl (C=O) groups is 5. The molecule has 0 aliphatic heterocycles. The Morgan fingerprint density at radius 1 is 1.10 bits per heavy atom. The number of benzene rings is 2. The van der Waals surface area contributed by atoms with Crippen molar-refractivity contribution in [1.82, 2.24) is 9.80 Å². The van der Waals surface area contributed by atoms with E-state index in [2.05, 4.69) is 0 Å². The lowest BCUT2D eigenvalue weighted by Gasteiger charge is -2.52. The lowest BCUT2D eigenvalue weighted by molar-refractivity contribution is -0.181. The van der Waals surface area contributed by atoms with Crippen molar-refractivity contribution >= 4 is 29.0 Å². The van der Waals surface area contributed by atoms with E-state index >= 15 is 4.39 Å². The Hall–Kier alpha value is -3.80. The summed E-state index contributed by atoms with van der Waals surface area (Å²) in [5, 5.41) is 22.6. The van der Waals surface area contributed by atoms with E-state index in [-0.39, 0.29) is 36.1 Å². The molecule has 0 bridgehead atoms. The highest BCUT2D eigenvalue weighted by Gasteiger charge is 2.69. The molecule has 10 nitrogen and oxygen atoms in total. The van der Waals surface area contributed by atoms with Crippen LogP contribution < -0.4 is 5.73 Å².